The highest BCUT2D eigenvalue weighted by Gasteiger charge is 2.24. The second-order valence-corrected chi connectivity index (χ2v) is 9.20. The molecule has 184 valence electrons. The Kier molecular flexibility index (Phi) is 8.02. The molecule has 0 radical (unpaired) electrons. The number of nitrogens with two attached hydrogens (primary N) is 1. The summed E-state index contributed by atoms with van der Waals surface area (Å²) in [5.74, 6) is 2.36. The van der Waals surface area contributed by atoms with Crippen molar-refractivity contribution in [2.24, 2.45) is 25.9 Å². The zero-order chi connectivity index (χ0) is 25.5. The molecule has 0 bridgehead atoms. The number of anilines is 1. The summed E-state index contributed by atoms with van der Waals surface area (Å²) in [6, 6.07) is 18.2. The molecule has 0 spiro atoms. The van der Waals surface area contributed by atoms with Crippen LogP contribution in [0.2, 0.25) is 0 Å². The van der Waals surface area contributed by atoms with Gasteiger partial charge in [-0.05, 0) is 66.9 Å². The van der Waals surface area contributed by atoms with Crippen LogP contribution in [0.4, 0.5) is 11.4 Å². The van der Waals surface area contributed by atoms with Crippen LogP contribution in [-0.4, -0.2) is 48.1 Å². The molecule has 1 aliphatic heterocycles. The van der Waals surface area contributed by atoms with E-state index in [1.165, 1.54) is 6.34 Å². The summed E-state index contributed by atoms with van der Waals surface area (Å²) in [7, 11) is 1.68. The van der Waals surface area contributed by atoms with Crippen LogP contribution in [0, 0.1) is 13.8 Å². The van der Waals surface area contributed by atoms with Crippen molar-refractivity contribution in [3.05, 3.63) is 82.9 Å². The van der Waals surface area contributed by atoms with E-state index in [-0.39, 0.29) is 5.75 Å². The molecule has 9 heteroatoms. The summed E-state index contributed by atoms with van der Waals surface area (Å²) in [6.45, 7) is 5.06. The third-order valence-electron chi connectivity index (χ3n) is 5.56. The van der Waals surface area contributed by atoms with Gasteiger partial charge in [0.1, 0.15) is 23.7 Å². The Balaban J connectivity index is 1.42. The molecule has 4 rings (SSSR count). The number of thioether (sulfide) groups is 1. The number of hydrogen-bond acceptors (Lipinski definition) is 6. The van der Waals surface area contributed by atoms with E-state index in [4.69, 9.17) is 10.5 Å². The molecule has 3 N–H and O–H groups in total. The minimum absolute atomic E-state index is 0.189. The van der Waals surface area contributed by atoms with Crippen LogP contribution in [-0.2, 0) is 0 Å². The van der Waals surface area contributed by atoms with Gasteiger partial charge in [-0.1, -0.05) is 36.0 Å². The van der Waals surface area contributed by atoms with E-state index in [1.807, 2.05) is 36.4 Å². The fraction of sp³-hybridized carbons (Fsp3) is 0.185. The number of ether oxygens (including phenoxy) is 1. The number of phenols is 1. The van der Waals surface area contributed by atoms with Crippen LogP contribution in [0.25, 0.3) is 0 Å². The van der Waals surface area contributed by atoms with Crippen molar-refractivity contribution in [3.8, 4) is 11.5 Å². The van der Waals surface area contributed by atoms with Crippen molar-refractivity contribution in [3.63, 3.8) is 0 Å². The van der Waals surface area contributed by atoms with Crippen molar-refractivity contribution in [1.82, 2.24) is 0 Å². The van der Waals surface area contributed by atoms with E-state index >= 15 is 0 Å². The van der Waals surface area contributed by atoms with Gasteiger partial charge in [-0.15, -0.1) is 5.10 Å². The third kappa shape index (κ3) is 6.11. The van der Waals surface area contributed by atoms with Gasteiger partial charge in [-0.25, -0.2) is 9.98 Å². The molecular formula is C27H28N6O2S. The molecule has 1 saturated heterocycles. The van der Waals surface area contributed by atoms with Crippen molar-refractivity contribution < 1.29 is 9.84 Å². The van der Waals surface area contributed by atoms with Gasteiger partial charge < -0.3 is 20.5 Å². The maximum absolute atomic E-state index is 9.32. The summed E-state index contributed by atoms with van der Waals surface area (Å²) in [5, 5.41) is 19.0. The Morgan fingerprint density at radius 3 is 2.42 bits per heavy atom. The average Bonchev–Trinajstić information content (AvgIpc) is 3.33. The second-order valence-electron chi connectivity index (χ2n) is 8.13. The Morgan fingerprint density at radius 2 is 1.75 bits per heavy atom. The number of nitrogens with zero attached hydrogens (tertiary/aromatic N) is 5. The average molecular weight is 501 g/mol. The lowest BCUT2D eigenvalue weighted by Crippen LogP contribution is -2.25. The number of hydrogen-bond donors (Lipinski definition) is 2. The molecule has 36 heavy (non-hydrogen) atoms. The number of rotatable bonds is 7. The SMILES string of the molecule is COc1cc(C)c(N2CCS/C2=N/N=C\c2ccc(C(N)=NC=Nc3ccc(O)cc3)cc2)c(C)c1. The van der Waals surface area contributed by atoms with Crippen LogP contribution in [0.1, 0.15) is 22.3 Å². The first-order chi connectivity index (χ1) is 17.4. The van der Waals surface area contributed by atoms with Gasteiger partial charge in [0.2, 0.25) is 0 Å². The van der Waals surface area contributed by atoms with Gasteiger partial charge in [0.25, 0.3) is 0 Å². The third-order valence-corrected chi connectivity index (χ3v) is 6.50. The number of methoxy groups -OCH3 is 1. The largest absolute Gasteiger partial charge is 0.508 e. The number of phenolic OH excluding ortho intramolecular Hbond substituents is 1. The lowest BCUT2D eigenvalue weighted by Gasteiger charge is -2.22. The maximum Gasteiger partial charge on any atom is 0.190 e. The number of aryl methyl sites for hydroxylation is 2. The molecule has 1 fully saturated rings. The first kappa shape index (κ1) is 25.0. The lowest BCUT2D eigenvalue weighted by atomic mass is 10.1. The first-order valence-electron chi connectivity index (χ1n) is 11.4. The zero-order valence-electron chi connectivity index (χ0n) is 20.4. The minimum Gasteiger partial charge on any atom is -0.508 e. The van der Waals surface area contributed by atoms with Crippen LogP contribution in [0.3, 0.4) is 0 Å². The minimum atomic E-state index is 0.189. The molecule has 0 aromatic heterocycles. The van der Waals surface area contributed by atoms with E-state index < -0.39 is 0 Å². The molecule has 3 aromatic rings. The molecule has 1 heterocycles. The molecular weight excluding hydrogens is 472 g/mol. The molecule has 0 atom stereocenters. The molecule has 0 amide bonds. The van der Waals surface area contributed by atoms with Crippen LogP contribution >= 0.6 is 11.8 Å². The van der Waals surface area contributed by atoms with Gasteiger partial charge in [0.15, 0.2) is 5.17 Å². The van der Waals surface area contributed by atoms with Gasteiger partial charge in [-0.3, -0.25) is 0 Å². The quantitative estimate of drug-likeness (QED) is 0.269. The highest BCUT2D eigenvalue weighted by atomic mass is 32.2. The Morgan fingerprint density at radius 1 is 1.06 bits per heavy atom. The Labute approximate surface area is 215 Å². The fourth-order valence-corrected chi connectivity index (χ4v) is 4.71. The monoisotopic (exact) mass is 500 g/mol. The topological polar surface area (TPSA) is 108 Å². The fourth-order valence-electron chi connectivity index (χ4n) is 3.81. The maximum atomic E-state index is 9.32. The molecule has 0 unspecified atom stereocenters. The number of aliphatic imine (C=N–C) groups is 2. The van der Waals surface area contributed by atoms with Crippen LogP contribution in [0.5, 0.6) is 11.5 Å². The highest BCUT2D eigenvalue weighted by Crippen LogP contribution is 2.34. The Bertz CT molecular complexity index is 1310. The van der Waals surface area contributed by atoms with Crippen molar-refractivity contribution in [2.45, 2.75) is 13.8 Å². The van der Waals surface area contributed by atoms with Crippen molar-refractivity contribution >= 4 is 46.7 Å². The summed E-state index contributed by atoms with van der Waals surface area (Å²) in [5.41, 5.74) is 11.9. The van der Waals surface area contributed by atoms with Gasteiger partial charge >= 0.3 is 0 Å². The highest BCUT2D eigenvalue weighted by molar-refractivity contribution is 8.14. The molecule has 0 aliphatic carbocycles. The molecule has 0 saturated carbocycles. The second kappa shape index (κ2) is 11.5. The predicted molar refractivity (Wildman–Crippen MR) is 151 cm³/mol. The normalized spacial score (nSPS) is 15.5. The molecule has 1 aliphatic rings. The van der Waals surface area contributed by atoms with Crippen molar-refractivity contribution in [2.75, 3.05) is 24.3 Å². The van der Waals surface area contributed by atoms with Crippen molar-refractivity contribution in [1.29, 1.82) is 0 Å². The standard InChI is InChI=1S/C27H28N6O2S/c1-18-14-24(35-3)15-19(2)25(18)33-12-13-36-27(33)32-31-16-20-4-6-21(7-5-20)26(28)30-17-29-22-8-10-23(34)11-9-22/h4-11,14-17,34H,12-13H2,1-3H3,(H2,28,29,30)/b31-16-,32-27+. The Hall–Kier alpha value is -4.11. The summed E-state index contributed by atoms with van der Waals surface area (Å²) < 4.78 is 5.39. The van der Waals surface area contributed by atoms with E-state index in [2.05, 4.69) is 38.9 Å². The summed E-state index contributed by atoms with van der Waals surface area (Å²) in [6.07, 6.45) is 3.12. The summed E-state index contributed by atoms with van der Waals surface area (Å²) >= 11 is 1.69. The van der Waals surface area contributed by atoms with E-state index in [0.29, 0.717) is 11.5 Å². The first-order valence-corrected chi connectivity index (χ1v) is 12.3. The predicted octanol–water partition coefficient (Wildman–Crippen LogP) is 5.03. The lowest BCUT2D eigenvalue weighted by molar-refractivity contribution is 0.414. The van der Waals surface area contributed by atoms with Crippen LogP contribution in [0.15, 0.2) is 80.9 Å². The smallest absolute Gasteiger partial charge is 0.190 e. The van der Waals surface area contributed by atoms with E-state index in [9.17, 15) is 5.11 Å². The molecule has 8 nitrogen and oxygen atoms in total. The summed E-state index contributed by atoms with van der Waals surface area (Å²) in [4.78, 5) is 10.6. The van der Waals surface area contributed by atoms with E-state index in [1.54, 1.807) is 49.4 Å². The number of aromatic hydroxyl groups is 1. The number of benzene rings is 3. The molecule has 3 aromatic carbocycles. The van der Waals surface area contributed by atoms with Gasteiger partial charge in [0.05, 0.1) is 19.0 Å². The van der Waals surface area contributed by atoms with E-state index in [0.717, 1.165) is 51.2 Å². The zero-order valence-corrected chi connectivity index (χ0v) is 21.2. The van der Waals surface area contributed by atoms with Gasteiger partial charge in [0, 0.05) is 23.5 Å². The van der Waals surface area contributed by atoms with Gasteiger partial charge in [-0.2, -0.15) is 5.10 Å². The van der Waals surface area contributed by atoms with Crippen LogP contribution < -0.4 is 15.4 Å². The number of amidine groups is 2.